The number of amides is 2. The number of nitrogens with zero attached hydrogens (tertiary/aromatic N) is 4. The first-order valence-corrected chi connectivity index (χ1v) is 10.3. The van der Waals surface area contributed by atoms with Crippen LogP contribution in [0.15, 0.2) is 48.5 Å². The van der Waals surface area contributed by atoms with Gasteiger partial charge in [0.05, 0.1) is 17.1 Å². The van der Waals surface area contributed by atoms with Gasteiger partial charge in [0, 0.05) is 38.0 Å². The first kappa shape index (κ1) is 18.6. The molecule has 2 aromatic carbocycles. The van der Waals surface area contributed by atoms with E-state index in [2.05, 4.69) is 20.9 Å². The van der Waals surface area contributed by atoms with E-state index in [-0.39, 0.29) is 17.9 Å². The summed E-state index contributed by atoms with van der Waals surface area (Å²) in [6.07, 6.45) is 1.70. The molecule has 2 N–H and O–H groups in total. The minimum Gasteiger partial charge on any atom is -0.362 e. The summed E-state index contributed by atoms with van der Waals surface area (Å²) in [6.45, 7) is 3.18. The minimum absolute atomic E-state index is 0.0594. The number of piperidine rings is 1. The Balaban J connectivity index is 1.24. The standard InChI is InChI=1S/C22H24N6O2/c1-15(28-19-9-5-4-8-18(19)25-26-28)14-20(29)27-12-10-22(11-13-27)23-17-7-3-2-6-16(17)21(30)24-22/h2-9,15,23H,10-14H2,1H3,(H,24,30)/t15-/m1/s1. The molecule has 1 atom stereocenters. The lowest BCUT2D eigenvalue weighted by atomic mass is 9.92. The zero-order valence-electron chi connectivity index (χ0n) is 16.8. The number of para-hydroxylation sites is 2. The topological polar surface area (TPSA) is 92.2 Å². The van der Waals surface area contributed by atoms with Crippen molar-refractivity contribution in [1.82, 2.24) is 25.2 Å². The van der Waals surface area contributed by atoms with E-state index < -0.39 is 5.66 Å². The maximum atomic E-state index is 12.9. The quantitative estimate of drug-likeness (QED) is 0.700. The Hall–Kier alpha value is -3.42. The van der Waals surface area contributed by atoms with Crippen molar-refractivity contribution < 1.29 is 9.59 Å². The van der Waals surface area contributed by atoms with Crippen molar-refractivity contribution in [2.45, 2.75) is 37.9 Å². The Bertz CT molecular complexity index is 1120. The van der Waals surface area contributed by atoms with E-state index in [4.69, 9.17) is 0 Å². The van der Waals surface area contributed by atoms with Crippen molar-refractivity contribution in [3.63, 3.8) is 0 Å². The number of nitrogens with one attached hydrogen (secondary N) is 2. The van der Waals surface area contributed by atoms with Crippen LogP contribution in [0.3, 0.4) is 0 Å². The second kappa shape index (κ2) is 7.12. The van der Waals surface area contributed by atoms with E-state index in [1.165, 1.54) is 0 Å². The highest BCUT2D eigenvalue weighted by atomic mass is 16.2. The number of benzene rings is 2. The van der Waals surface area contributed by atoms with Gasteiger partial charge in [0.25, 0.3) is 5.91 Å². The number of likely N-dealkylation sites (tertiary alicyclic amines) is 1. The Kier molecular flexibility index (Phi) is 4.42. The third-order valence-electron chi connectivity index (χ3n) is 6.13. The summed E-state index contributed by atoms with van der Waals surface area (Å²) in [5.41, 5.74) is 2.79. The highest BCUT2D eigenvalue weighted by molar-refractivity contribution is 6.02. The van der Waals surface area contributed by atoms with Gasteiger partial charge in [-0.3, -0.25) is 9.59 Å². The van der Waals surface area contributed by atoms with Crippen molar-refractivity contribution in [3.05, 3.63) is 54.1 Å². The average molecular weight is 404 g/mol. The van der Waals surface area contributed by atoms with Crippen LogP contribution in [0.1, 0.15) is 42.6 Å². The van der Waals surface area contributed by atoms with Crippen molar-refractivity contribution in [1.29, 1.82) is 0 Å². The summed E-state index contributed by atoms with van der Waals surface area (Å²) in [4.78, 5) is 27.3. The second-order valence-corrected chi connectivity index (χ2v) is 8.16. The molecule has 2 amide bonds. The molecule has 8 heteroatoms. The molecule has 1 fully saturated rings. The van der Waals surface area contributed by atoms with Crippen LogP contribution in [0.2, 0.25) is 0 Å². The molecule has 2 aliphatic heterocycles. The zero-order chi connectivity index (χ0) is 20.7. The first-order valence-electron chi connectivity index (χ1n) is 10.3. The van der Waals surface area contributed by atoms with Gasteiger partial charge in [0.1, 0.15) is 11.2 Å². The molecule has 2 aliphatic rings. The Morgan fingerprint density at radius 1 is 1.10 bits per heavy atom. The fourth-order valence-corrected chi connectivity index (χ4v) is 4.43. The molecule has 1 spiro atoms. The summed E-state index contributed by atoms with van der Waals surface area (Å²) in [5, 5.41) is 15.0. The molecule has 30 heavy (non-hydrogen) atoms. The van der Waals surface area contributed by atoms with E-state index in [1.54, 1.807) is 0 Å². The van der Waals surface area contributed by atoms with Crippen LogP contribution < -0.4 is 10.6 Å². The highest BCUT2D eigenvalue weighted by Crippen LogP contribution is 2.31. The van der Waals surface area contributed by atoms with Gasteiger partial charge in [-0.15, -0.1) is 5.10 Å². The van der Waals surface area contributed by atoms with Gasteiger partial charge in [-0.1, -0.05) is 29.5 Å². The van der Waals surface area contributed by atoms with Crippen LogP contribution >= 0.6 is 0 Å². The number of hydrogen-bond donors (Lipinski definition) is 2. The number of hydrogen-bond acceptors (Lipinski definition) is 5. The Morgan fingerprint density at radius 3 is 2.67 bits per heavy atom. The number of rotatable bonds is 3. The molecule has 8 nitrogen and oxygen atoms in total. The summed E-state index contributed by atoms with van der Waals surface area (Å²) in [7, 11) is 0. The zero-order valence-corrected chi connectivity index (χ0v) is 16.8. The van der Waals surface area contributed by atoms with Gasteiger partial charge in [-0.05, 0) is 31.2 Å². The Morgan fingerprint density at radius 2 is 1.83 bits per heavy atom. The molecular weight excluding hydrogens is 380 g/mol. The van der Waals surface area contributed by atoms with E-state index in [9.17, 15) is 9.59 Å². The van der Waals surface area contributed by atoms with Gasteiger partial charge in [-0.25, -0.2) is 4.68 Å². The number of aromatic nitrogens is 3. The van der Waals surface area contributed by atoms with Crippen molar-refractivity contribution in [2.24, 2.45) is 0 Å². The predicted molar refractivity (Wildman–Crippen MR) is 113 cm³/mol. The SMILES string of the molecule is C[C@H](CC(=O)N1CCC2(CC1)NC(=O)c1ccccc1N2)n1nnc2ccccc21. The number of anilines is 1. The largest absolute Gasteiger partial charge is 0.362 e. The number of carbonyl (C=O) groups is 2. The number of carbonyl (C=O) groups excluding carboxylic acids is 2. The van der Waals surface area contributed by atoms with Gasteiger partial charge in [0.15, 0.2) is 0 Å². The van der Waals surface area contributed by atoms with Crippen LogP contribution in [-0.2, 0) is 4.79 Å². The maximum absolute atomic E-state index is 12.9. The minimum atomic E-state index is -0.490. The lowest BCUT2D eigenvalue weighted by Crippen LogP contribution is -2.62. The first-order chi connectivity index (χ1) is 14.5. The van der Waals surface area contributed by atoms with E-state index in [0.29, 0.717) is 37.9 Å². The van der Waals surface area contributed by atoms with E-state index in [0.717, 1.165) is 16.7 Å². The third kappa shape index (κ3) is 3.18. The molecule has 0 aliphatic carbocycles. The normalized spacial score (nSPS) is 18.6. The molecule has 5 rings (SSSR count). The van der Waals surface area contributed by atoms with Crippen LogP contribution in [0.4, 0.5) is 5.69 Å². The smallest absolute Gasteiger partial charge is 0.255 e. The van der Waals surface area contributed by atoms with Gasteiger partial charge in [0.2, 0.25) is 5.91 Å². The molecule has 0 unspecified atom stereocenters. The molecule has 3 heterocycles. The van der Waals surface area contributed by atoms with Crippen molar-refractivity contribution in [2.75, 3.05) is 18.4 Å². The molecule has 1 saturated heterocycles. The fourth-order valence-electron chi connectivity index (χ4n) is 4.43. The van der Waals surface area contributed by atoms with Crippen molar-refractivity contribution in [3.8, 4) is 0 Å². The van der Waals surface area contributed by atoms with Gasteiger partial charge >= 0.3 is 0 Å². The second-order valence-electron chi connectivity index (χ2n) is 8.16. The van der Waals surface area contributed by atoms with Gasteiger partial charge in [-0.2, -0.15) is 0 Å². The average Bonchev–Trinajstić information content (AvgIpc) is 3.18. The van der Waals surface area contributed by atoms with E-state index >= 15 is 0 Å². The van der Waals surface area contributed by atoms with E-state index in [1.807, 2.05) is 65.0 Å². The van der Waals surface area contributed by atoms with Crippen LogP contribution in [-0.4, -0.2) is 50.5 Å². The van der Waals surface area contributed by atoms with Crippen molar-refractivity contribution >= 4 is 28.5 Å². The molecule has 1 aromatic heterocycles. The van der Waals surface area contributed by atoms with Crippen LogP contribution in [0.5, 0.6) is 0 Å². The fraction of sp³-hybridized carbons (Fsp3) is 0.364. The summed E-state index contributed by atoms with van der Waals surface area (Å²) in [6, 6.07) is 15.2. The van der Waals surface area contributed by atoms with Gasteiger partial charge < -0.3 is 15.5 Å². The molecule has 3 aromatic rings. The molecule has 0 saturated carbocycles. The monoisotopic (exact) mass is 404 g/mol. The van der Waals surface area contributed by atoms with Crippen LogP contribution in [0.25, 0.3) is 11.0 Å². The maximum Gasteiger partial charge on any atom is 0.255 e. The lowest BCUT2D eigenvalue weighted by molar-refractivity contribution is -0.133. The number of fused-ring (bicyclic) bond motifs is 2. The summed E-state index contributed by atoms with van der Waals surface area (Å²) >= 11 is 0. The highest BCUT2D eigenvalue weighted by Gasteiger charge is 2.41. The lowest BCUT2D eigenvalue weighted by Gasteiger charge is -2.46. The Labute approximate surface area is 174 Å². The third-order valence-corrected chi connectivity index (χ3v) is 6.13. The molecule has 0 radical (unpaired) electrons. The molecular formula is C22H24N6O2. The predicted octanol–water partition coefficient (Wildman–Crippen LogP) is 2.56. The van der Waals surface area contributed by atoms with Crippen LogP contribution in [0, 0.1) is 0 Å². The molecule has 154 valence electrons. The summed E-state index contributed by atoms with van der Waals surface area (Å²) in [5.74, 6) is 0.0373. The summed E-state index contributed by atoms with van der Waals surface area (Å²) < 4.78 is 1.82. The molecule has 0 bridgehead atoms.